The number of carbonyl (C=O) groups excluding carboxylic acids is 2. The van der Waals surface area contributed by atoms with Crippen LogP contribution in [0.5, 0.6) is 0 Å². The molecule has 0 radical (unpaired) electrons. The van der Waals surface area contributed by atoms with Gasteiger partial charge < -0.3 is 10.2 Å². The first-order valence-electron chi connectivity index (χ1n) is 4.36. The van der Waals surface area contributed by atoms with Crippen molar-refractivity contribution in [3.63, 3.8) is 0 Å². The fourth-order valence-electron chi connectivity index (χ4n) is 0.852. The van der Waals surface area contributed by atoms with E-state index in [9.17, 15) is 22.8 Å². The van der Waals surface area contributed by atoms with Gasteiger partial charge in [0, 0.05) is 7.05 Å². The topological polar surface area (TPSA) is 49.4 Å². The normalized spacial score (nSPS) is 13.1. The van der Waals surface area contributed by atoms with Crippen molar-refractivity contribution in [2.24, 2.45) is 0 Å². The third-order valence-electron chi connectivity index (χ3n) is 1.58. The van der Waals surface area contributed by atoms with Gasteiger partial charge >= 0.3 is 6.18 Å². The third-order valence-corrected chi connectivity index (χ3v) is 1.97. The molecule has 1 N–H and O–H groups in total. The van der Waals surface area contributed by atoms with Crippen LogP contribution in [0.2, 0.25) is 0 Å². The maximum Gasteiger partial charge on any atom is 0.405 e. The standard InChI is InChI=1S/C8H12BrF3N2O2/c1-5(9)7(16)14(2)3-6(15)13-4-8(10,11)12/h5H,3-4H2,1-2H3,(H,13,15). The lowest BCUT2D eigenvalue weighted by atomic mass is 10.4. The van der Waals surface area contributed by atoms with E-state index < -0.39 is 30.0 Å². The average molecular weight is 305 g/mol. The van der Waals surface area contributed by atoms with Gasteiger partial charge in [-0.3, -0.25) is 9.59 Å². The summed E-state index contributed by atoms with van der Waals surface area (Å²) in [6.07, 6.45) is -4.44. The smallest absolute Gasteiger partial charge is 0.345 e. The summed E-state index contributed by atoms with van der Waals surface area (Å²) in [6.45, 7) is -0.227. The molecule has 0 saturated carbocycles. The Morgan fingerprint density at radius 2 is 1.94 bits per heavy atom. The number of halogens is 4. The van der Waals surface area contributed by atoms with Crippen LogP contribution in [0, 0.1) is 0 Å². The van der Waals surface area contributed by atoms with Crippen LogP contribution < -0.4 is 5.32 Å². The fraction of sp³-hybridized carbons (Fsp3) is 0.750. The summed E-state index contributed by atoms with van der Waals surface area (Å²) < 4.78 is 35.2. The van der Waals surface area contributed by atoms with Crippen molar-refractivity contribution in [2.75, 3.05) is 20.1 Å². The number of likely N-dealkylation sites (N-methyl/N-ethyl adjacent to an activating group) is 1. The first-order valence-corrected chi connectivity index (χ1v) is 5.27. The Bertz CT molecular complexity index is 268. The summed E-state index contributed by atoms with van der Waals surface area (Å²) in [5.74, 6) is -1.22. The van der Waals surface area contributed by atoms with E-state index in [4.69, 9.17) is 0 Å². The lowest BCUT2D eigenvalue weighted by Crippen LogP contribution is -2.43. The predicted molar refractivity (Wildman–Crippen MR) is 55.1 cm³/mol. The number of hydrogen-bond donors (Lipinski definition) is 1. The Hall–Kier alpha value is -0.790. The van der Waals surface area contributed by atoms with E-state index in [1.54, 1.807) is 12.2 Å². The molecule has 0 rings (SSSR count). The number of nitrogens with zero attached hydrogens (tertiary/aromatic N) is 1. The van der Waals surface area contributed by atoms with E-state index in [0.717, 1.165) is 4.90 Å². The summed E-state index contributed by atoms with van der Waals surface area (Å²) in [5, 5.41) is 1.67. The van der Waals surface area contributed by atoms with Crippen LogP contribution in [0.15, 0.2) is 0 Å². The van der Waals surface area contributed by atoms with E-state index in [2.05, 4.69) is 15.9 Å². The summed E-state index contributed by atoms with van der Waals surface area (Å²) in [4.78, 5) is 22.8. The maximum atomic E-state index is 11.7. The second-order valence-electron chi connectivity index (χ2n) is 3.20. The van der Waals surface area contributed by atoms with Crippen LogP contribution in [0.25, 0.3) is 0 Å². The minimum absolute atomic E-state index is 0.373. The Balaban J connectivity index is 4.02. The number of alkyl halides is 4. The molecular formula is C8H12BrF3N2O2. The van der Waals surface area contributed by atoms with Gasteiger partial charge in [-0.05, 0) is 6.92 Å². The van der Waals surface area contributed by atoms with Gasteiger partial charge in [0.25, 0.3) is 0 Å². The monoisotopic (exact) mass is 304 g/mol. The van der Waals surface area contributed by atoms with Gasteiger partial charge in [0.05, 0.1) is 11.4 Å². The highest BCUT2D eigenvalue weighted by Crippen LogP contribution is 2.12. The zero-order chi connectivity index (χ0) is 12.9. The summed E-state index contributed by atoms with van der Waals surface area (Å²) in [6, 6.07) is 0. The Labute approximate surface area is 99.3 Å². The first kappa shape index (κ1) is 15.2. The summed E-state index contributed by atoms with van der Waals surface area (Å²) >= 11 is 3.00. The number of carbonyl (C=O) groups is 2. The molecule has 0 heterocycles. The molecule has 2 amide bonds. The van der Waals surface area contributed by atoms with Gasteiger partial charge in [0.1, 0.15) is 6.54 Å². The molecule has 0 fully saturated rings. The lowest BCUT2D eigenvalue weighted by molar-refractivity contribution is -0.141. The van der Waals surface area contributed by atoms with E-state index in [0.29, 0.717) is 0 Å². The van der Waals surface area contributed by atoms with Gasteiger partial charge in [0.15, 0.2) is 0 Å². The second kappa shape index (κ2) is 6.07. The fourth-order valence-corrected chi connectivity index (χ4v) is 1.20. The van der Waals surface area contributed by atoms with Crippen molar-refractivity contribution in [1.29, 1.82) is 0 Å². The number of nitrogens with one attached hydrogen (secondary N) is 1. The zero-order valence-corrected chi connectivity index (χ0v) is 10.4. The molecule has 4 nitrogen and oxygen atoms in total. The van der Waals surface area contributed by atoms with Gasteiger partial charge in [-0.25, -0.2) is 0 Å². The number of amides is 2. The van der Waals surface area contributed by atoms with E-state index in [1.807, 2.05) is 0 Å². The quantitative estimate of drug-likeness (QED) is 0.785. The molecule has 94 valence electrons. The molecular weight excluding hydrogens is 293 g/mol. The van der Waals surface area contributed by atoms with Crippen molar-refractivity contribution >= 4 is 27.7 Å². The Morgan fingerprint density at radius 1 is 1.44 bits per heavy atom. The van der Waals surface area contributed by atoms with Crippen LogP contribution in [0.4, 0.5) is 13.2 Å². The van der Waals surface area contributed by atoms with Crippen LogP contribution >= 0.6 is 15.9 Å². The van der Waals surface area contributed by atoms with Crippen LogP contribution in [0.3, 0.4) is 0 Å². The Morgan fingerprint density at radius 3 is 2.31 bits per heavy atom. The number of rotatable bonds is 4. The predicted octanol–water partition coefficient (Wildman–Crippen LogP) is 0.907. The van der Waals surface area contributed by atoms with E-state index >= 15 is 0 Å². The molecule has 1 atom stereocenters. The van der Waals surface area contributed by atoms with Crippen molar-refractivity contribution in [3.8, 4) is 0 Å². The van der Waals surface area contributed by atoms with Crippen molar-refractivity contribution in [3.05, 3.63) is 0 Å². The molecule has 0 aliphatic heterocycles. The molecule has 0 saturated heterocycles. The lowest BCUT2D eigenvalue weighted by Gasteiger charge is -2.18. The molecule has 0 aliphatic rings. The zero-order valence-electron chi connectivity index (χ0n) is 8.77. The molecule has 0 aliphatic carbocycles. The van der Waals surface area contributed by atoms with Gasteiger partial charge in [-0.15, -0.1) is 0 Å². The Kier molecular flexibility index (Phi) is 5.77. The molecule has 0 bridgehead atoms. The minimum atomic E-state index is -4.44. The van der Waals surface area contributed by atoms with Crippen molar-refractivity contribution < 1.29 is 22.8 Å². The summed E-state index contributed by atoms with van der Waals surface area (Å²) in [7, 11) is 1.34. The SMILES string of the molecule is CC(Br)C(=O)N(C)CC(=O)NCC(F)(F)F. The third kappa shape index (κ3) is 6.65. The maximum absolute atomic E-state index is 11.7. The summed E-state index contributed by atoms with van der Waals surface area (Å²) in [5.41, 5.74) is 0. The van der Waals surface area contributed by atoms with Gasteiger partial charge in [-0.2, -0.15) is 13.2 Å². The van der Waals surface area contributed by atoms with Gasteiger partial charge in [0.2, 0.25) is 11.8 Å². The van der Waals surface area contributed by atoms with E-state index in [-0.39, 0.29) is 5.91 Å². The molecule has 0 aromatic carbocycles. The van der Waals surface area contributed by atoms with Gasteiger partial charge in [-0.1, -0.05) is 15.9 Å². The van der Waals surface area contributed by atoms with Crippen LogP contribution in [0.1, 0.15) is 6.92 Å². The van der Waals surface area contributed by atoms with Crippen LogP contribution in [-0.4, -0.2) is 47.9 Å². The largest absolute Gasteiger partial charge is 0.405 e. The van der Waals surface area contributed by atoms with E-state index in [1.165, 1.54) is 7.05 Å². The highest BCUT2D eigenvalue weighted by atomic mass is 79.9. The first-order chi connectivity index (χ1) is 7.13. The van der Waals surface area contributed by atoms with Crippen molar-refractivity contribution in [2.45, 2.75) is 17.9 Å². The average Bonchev–Trinajstić information content (AvgIpc) is 2.12. The van der Waals surface area contributed by atoms with Crippen molar-refractivity contribution in [1.82, 2.24) is 10.2 Å². The second-order valence-corrected chi connectivity index (χ2v) is 4.58. The molecule has 16 heavy (non-hydrogen) atoms. The van der Waals surface area contributed by atoms with Crippen LogP contribution in [-0.2, 0) is 9.59 Å². The molecule has 8 heteroatoms. The molecule has 1 unspecified atom stereocenters. The molecule has 0 aromatic heterocycles. The molecule has 0 spiro atoms. The highest BCUT2D eigenvalue weighted by Gasteiger charge is 2.28. The highest BCUT2D eigenvalue weighted by molar-refractivity contribution is 9.10. The minimum Gasteiger partial charge on any atom is -0.345 e. The number of hydrogen-bond acceptors (Lipinski definition) is 2. The molecule has 0 aromatic rings.